The van der Waals surface area contributed by atoms with Gasteiger partial charge in [0.05, 0.1) is 17.8 Å². The molecular weight excluding hydrogens is 332 g/mol. The summed E-state index contributed by atoms with van der Waals surface area (Å²) in [6.07, 6.45) is 2.66. The number of benzene rings is 1. The van der Waals surface area contributed by atoms with Crippen molar-refractivity contribution in [3.63, 3.8) is 0 Å². The summed E-state index contributed by atoms with van der Waals surface area (Å²) >= 11 is 0. The summed E-state index contributed by atoms with van der Waals surface area (Å²) < 4.78 is 6.52. The van der Waals surface area contributed by atoms with Crippen molar-refractivity contribution in [2.24, 2.45) is 13.0 Å². The molecule has 7 heteroatoms. The highest BCUT2D eigenvalue weighted by Crippen LogP contribution is 2.24. The smallest absolute Gasteiger partial charge is 0.408 e. The monoisotopic (exact) mass is 352 g/mol. The predicted molar refractivity (Wildman–Crippen MR) is 95.6 cm³/mol. The molecule has 0 N–H and O–H groups in total. The van der Waals surface area contributed by atoms with E-state index in [0.717, 1.165) is 23.5 Å². The number of fused-ring (bicyclic) bond motifs is 2. The molecule has 0 saturated carbocycles. The summed E-state index contributed by atoms with van der Waals surface area (Å²) in [4.78, 5) is 35.3. The largest absolute Gasteiger partial charge is 0.419 e. The third kappa shape index (κ3) is 2.79. The van der Waals surface area contributed by atoms with Crippen molar-refractivity contribution < 1.29 is 9.21 Å². The van der Waals surface area contributed by atoms with E-state index in [9.17, 15) is 9.59 Å². The summed E-state index contributed by atoms with van der Waals surface area (Å²) in [5.41, 5.74) is 3.51. The maximum Gasteiger partial charge on any atom is 0.419 e. The van der Waals surface area contributed by atoms with E-state index in [4.69, 9.17) is 4.42 Å². The summed E-state index contributed by atoms with van der Waals surface area (Å²) in [6.45, 7) is 5.24. The summed E-state index contributed by atoms with van der Waals surface area (Å²) in [6, 6.07) is 5.04. The first-order valence-corrected chi connectivity index (χ1v) is 8.65. The summed E-state index contributed by atoms with van der Waals surface area (Å²) in [5.74, 6) is 0.776. The Kier molecular flexibility index (Phi) is 3.86. The molecule has 0 saturated heterocycles. The number of nitrogens with zero attached hydrogens (tertiary/aromatic N) is 4. The molecule has 134 valence electrons. The van der Waals surface area contributed by atoms with Crippen LogP contribution >= 0.6 is 0 Å². The van der Waals surface area contributed by atoms with Gasteiger partial charge in [-0.25, -0.2) is 14.8 Å². The Hall–Kier alpha value is -2.96. The highest BCUT2D eigenvalue weighted by Gasteiger charge is 2.26. The van der Waals surface area contributed by atoms with E-state index in [1.165, 1.54) is 4.57 Å². The fourth-order valence-electron chi connectivity index (χ4n) is 3.24. The molecule has 0 spiro atoms. The summed E-state index contributed by atoms with van der Waals surface area (Å²) in [5, 5.41) is 0. The molecular formula is C19H20N4O3. The number of hydrogen-bond donors (Lipinski definition) is 0. The number of carbonyl (C=O) groups is 1. The quantitative estimate of drug-likeness (QED) is 0.722. The molecule has 1 aliphatic heterocycles. The minimum atomic E-state index is -0.439. The van der Waals surface area contributed by atoms with Gasteiger partial charge in [0.1, 0.15) is 5.82 Å². The first-order chi connectivity index (χ1) is 12.4. The lowest BCUT2D eigenvalue weighted by atomic mass is 10.1. The number of hydrogen-bond acceptors (Lipinski definition) is 5. The second kappa shape index (κ2) is 6.09. The fraction of sp³-hybridized carbons (Fsp3) is 0.368. The number of oxazole rings is 1. The Morgan fingerprint density at radius 1 is 1.31 bits per heavy atom. The molecule has 1 aliphatic rings. The van der Waals surface area contributed by atoms with Crippen molar-refractivity contribution in [2.45, 2.75) is 33.4 Å². The first-order valence-electron chi connectivity index (χ1n) is 8.65. The van der Waals surface area contributed by atoms with Crippen molar-refractivity contribution in [2.75, 3.05) is 0 Å². The minimum Gasteiger partial charge on any atom is -0.408 e. The van der Waals surface area contributed by atoms with E-state index in [1.807, 2.05) is 6.20 Å². The van der Waals surface area contributed by atoms with Crippen molar-refractivity contribution >= 4 is 17.0 Å². The first kappa shape index (κ1) is 16.5. The Balaban J connectivity index is 1.59. The van der Waals surface area contributed by atoms with Crippen LogP contribution in [-0.4, -0.2) is 25.3 Å². The Labute approximate surface area is 150 Å². The SMILES string of the molecule is CC(C)Cc1ncc2c(n1)CN(C(=O)c1ccc3oc(=O)n(C)c3c1)C2. The molecule has 1 aromatic carbocycles. The third-order valence-electron chi connectivity index (χ3n) is 4.62. The fourth-order valence-corrected chi connectivity index (χ4v) is 3.24. The van der Waals surface area contributed by atoms with Gasteiger partial charge in [0.25, 0.3) is 5.91 Å². The van der Waals surface area contributed by atoms with Gasteiger partial charge in [-0.3, -0.25) is 9.36 Å². The number of amides is 1. The van der Waals surface area contributed by atoms with E-state index in [-0.39, 0.29) is 5.91 Å². The highest BCUT2D eigenvalue weighted by atomic mass is 16.4. The van der Waals surface area contributed by atoms with Gasteiger partial charge in [0.2, 0.25) is 0 Å². The van der Waals surface area contributed by atoms with E-state index in [1.54, 1.807) is 30.1 Å². The average molecular weight is 352 g/mol. The maximum atomic E-state index is 12.9. The number of aromatic nitrogens is 3. The molecule has 0 bridgehead atoms. The number of carbonyl (C=O) groups excluding carboxylic acids is 1. The zero-order chi connectivity index (χ0) is 18.4. The predicted octanol–water partition coefficient (Wildman–Crippen LogP) is 2.28. The molecule has 3 aromatic rings. The van der Waals surface area contributed by atoms with E-state index in [2.05, 4.69) is 23.8 Å². The molecule has 2 aromatic heterocycles. The van der Waals surface area contributed by atoms with Crippen LogP contribution < -0.4 is 5.76 Å². The van der Waals surface area contributed by atoms with Crippen molar-refractivity contribution in [3.8, 4) is 0 Å². The second-order valence-electron chi connectivity index (χ2n) is 7.13. The van der Waals surface area contributed by atoms with Gasteiger partial charge >= 0.3 is 5.76 Å². The molecule has 0 unspecified atom stereocenters. The van der Waals surface area contributed by atoms with Crippen LogP contribution in [0.1, 0.15) is 41.3 Å². The second-order valence-corrected chi connectivity index (χ2v) is 7.13. The van der Waals surface area contributed by atoms with Crippen LogP contribution in [0.4, 0.5) is 0 Å². The zero-order valence-corrected chi connectivity index (χ0v) is 15.0. The lowest BCUT2D eigenvalue weighted by Gasteiger charge is -2.15. The molecule has 0 aliphatic carbocycles. The molecule has 0 radical (unpaired) electrons. The van der Waals surface area contributed by atoms with Crippen LogP contribution in [0.2, 0.25) is 0 Å². The van der Waals surface area contributed by atoms with Gasteiger partial charge in [-0.1, -0.05) is 13.8 Å². The number of aryl methyl sites for hydroxylation is 1. The van der Waals surface area contributed by atoms with Crippen molar-refractivity contribution in [3.05, 3.63) is 57.6 Å². The van der Waals surface area contributed by atoms with E-state index in [0.29, 0.717) is 35.7 Å². The van der Waals surface area contributed by atoms with Crippen molar-refractivity contribution in [1.29, 1.82) is 0 Å². The Morgan fingerprint density at radius 2 is 2.12 bits per heavy atom. The van der Waals surface area contributed by atoms with Gasteiger partial charge in [0.15, 0.2) is 5.58 Å². The standard InChI is InChI=1S/C19H20N4O3/c1-11(2)6-17-20-8-13-9-23(10-14(13)21-17)18(24)12-4-5-16-15(7-12)22(3)19(25)26-16/h4-5,7-8,11H,6,9-10H2,1-3H3. The lowest BCUT2D eigenvalue weighted by molar-refractivity contribution is 0.0750. The highest BCUT2D eigenvalue weighted by molar-refractivity contribution is 5.97. The van der Waals surface area contributed by atoms with Crippen molar-refractivity contribution in [1.82, 2.24) is 19.4 Å². The summed E-state index contributed by atoms with van der Waals surface area (Å²) in [7, 11) is 1.62. The minimum absolute atomic E-state index is 0.0936. The maximum absolute atomic E-state index is 12.9. The van der Waals surface area contributed by atoms with Gasteiger partial charge < -0.3 is 9.32 Å². The van der Waals surface area contributed by atoms with Crippen LogP contribution in [0.25, 0.3) is 11.1 Å². The van der Waals surface area contributed by atoms with Crippen LogP contribution in [0.5, 0.6) is 0 Å². The molecule has 1 amide bonds. The van der Waals surface area contributed by atoms with Crippen LogP contribution in [-0.2, 0) is 26.6 Å². The molecule has 26 heavy (non-hydrogen) atoms. The molecule has 0 fully saturated rings. The van der Waals surface area contributed by atoms with E-state index >= 15 is 0 Å². The van der Waals surface area contributed by atoms with Gasteiger partial charge in [-0.2, -0.15) is 0 Å². The third-order valence-corrected chi connectivity index (χ3v) is 4.62. The molecule has 7 nitrogen and oxygen atoms in total. The molecule has 4 rings (SSSR count). The van der Waals surface area contributed by atoms with Crippen LogP contribution in [0, 0.1) is 5.92 Å². The van der Waals surface area contributed by atoms with Gasteiger partial charge in [-0.05, 0) is 24.1 Å². The lowest BCUT2D eigenvalue weighted by Crippen LogP contribution is -2.25. The van der Waals surface area contributed by atoms with Crippen LogP contribution in [0.3, 0.4) is 0 Å². The van der Waals surface area contributed by atoms with Gasteiger partial charge in [-0.15, -0.1) is 0 Å². The zero-order valence-electron chi connectivity index (χ0n) is 15.0. The topological polar surface area (TPSA) is 81.2 Å². The average Bonchev–Trinajstić information content (AvgIpc) is 3.14. The Morgan fingerprint density at radius 3 is 2.88 bits per heavy atom. The van der Waals surface area contributed by atoms with Crippen LogP contribution in [0.15, 0.2) is 33.6 Å². The van der Waals surface area contributed by atoms with Gasteiger partial charge in [0, 0.05) is 37.3 Å². The normalized spacial score (nSPS) is 13.6. The Bertz CT molecular complexity index is 1060. The molecule has 3 heterocycles. The molecule has 0 atom stereocenters. The number of rotatable bonds is 3. The van der Waals surface area contributed by atoms with E-state index < -0.39 is 5.76 Å².